The summed E-state index contributed by atoms with van der Waals surface area (Å²) in [6, 6.07) is 5.22. The van der Waals surface area contributed by atoms with Gasteiger partial charge in [-0.3, -0.25) is 9.59 Å². The summed E-state index contributed by atoms with van der Waals surface area (Å²) in [6.07, 6.45) is 2.52. The van der Waals surface area contributed by atoms with Crippen LogP contribution in [-0.2, 0) is 23.8 Å². The molecule has 3 fully saturated rings. The molecule has 1 aromatic carbocycles. The maximum absolute atomic E-state index is 13.3. The van der Waals surface area contributed by atoms with Crippen LogP contribution in [0.3, 0.4) is 0 Å². The van der Waals surface area contributed by atoms with E-state index in [-0.39, 0.29) is 11.8 Å². The summed E-state index contributed by atoms with van der Waals surface area (Å²) in [7, 11) is 1.51. The molecule has 0 radical (unpaired) electrons. The lowest BCUT2D eigenvalue weighted by atomic mass is 9.76. The largest absolute Gasteiger partial charge is 0.495 e. The summed E-state index contributed by atoms with van der Waals surface area (Å²) in [4.78, 5) is 27.7. The molecule has 2 bridgehead atoms. The predicted octanol–water partition coefficient (Wildman–Crippen LogP) is 1.64. The van der Waals surface area contributed by atoms with E-state index in [0.29, 0.717) is 24.7 Å². The summed E-state index contributed by atoms with van der Waals surface area (Å²) < 4.78 is 23.4. The average Bonchev–Trinajstić information content (AvgIpc) is 3.38. The number of fused-ring (bicyclic) bond motifs is 5. The quantitative estimate of drug-likeness (QED) is 0.545. The number of benzene rings is 1. The van der Waals surface area contributed by atoms with Gasteiger partial charge in [0, 0.05) is 4.47 Å². The molecule has 1 aromatic rings. The number of rotatable bonds is 3. The van der Waals surface area contributed by atoms with Crippen molar-refractivity contribution in [2.75, 3.05) is 25.2 Å². The van der Waals surface area contributed by atoms with Gasteiger partial charge < -0.3 is 18.9 Å². The smallest absolute Gasteiger partial charge is 0.241 e. The van der Waals surface area contributed by atoms with Crippen LogP contribution in [0.4, 0.5) is 5.69 Å². The van der Waals surface area contributed by atoms with Crippen molar-refractivity contribution in [2.45, 2.75) is 18.0 Å². The van der Waals surface area contributed by atoms with Crippen molar-refractivity contribution in [3.05, 3.63) is 34.8 Å². The lowest BCUT2D eigenvalue weighted by Gasteiger charge is -2.32. The molecule has 0 aromatic heterocycles. The van der Waals surface area contributed by atoms with Crippen LogP contribution in [0.2, 0.25) is 0 Å². The van der Waals surface area contributed by atoms with Gasteiger partial charge in [0.1, 0.15) is 5.75 Å². The Morgan fingerprint density at radius 1 is 1.23 bits per heavy atom. The second-order valence-electron chi connectivity index (χ2n) is 6.70. The number of methoxy groups -OCH3 is 1. The molecule has 8 heteroatoms. The molecule has 0 N–H and O–H groups in total. The van der Waals surface area contributed by atoms with Crippen LogP contribution in [0.1, 0.15) is 0 Å². The maximum atomic E-state index is 13.3. The van der Waals surface area contributed by atoms with Crippen LogP contribution in [0.5, 0.6) is 5.75 Å². The Morgan fingerprint density at radius 3 is 2.73 bits per heavy atom. The van der Waals surface area contributed by atoms with Gasteiger partial charge in [-0.05, 0) is 24.3 Å². The first-order valence-corrected chi connectivity index (χ1v) is 9.18. The molecule has 4 aliphatic rings. The van der Waals surface area contributed by atoms with Crippen LogP contribution in [0.25, 0.3) is 0 Å². The number of anilines is 1. The Kier molecular flexibility index (Phi) is 3.56. The lowest BCUT2D eigenvalue weighted by Crippen LogP contribution is -2.49. The summed E-state index contributed by atoms with van der Waals surface area (Å²) in [5.74, 6) is -1.40. The van der Waals surface area contributed by atoms with E-state index in [0.717, 1.165) is 4.47 Å². The molecule has 3 saturated heterocycles. The number of amides is 2. The summed E-state index contributed by atoms with van der Waals surface area (Å²) in [5, 5.41) is 0. The van der Waals surface area contributed by atoms with Gasteiger partial charge in [0.15, 0.2) is 11.9 Å². The summed E-state index contributed by atoms with van der Waals surface area (Å²) >= 11 is 3.39. The first-order valence-electron chi connectivity index (χ1n) is 8.38. The van der Waals surface area contributed by atoms with E-state index < -0.39 is 29.8 Å². The fourth-order valence-corrected chi connectivity index (χ4v) is 4.75. The van der Waals surface area contributed by atoms with Crippen molar-refractivity contribution in [2.24, 2.45) is 11.8 Å². The van der Waals surface area contributed by atoms with Gasteiger partial charge in [-0.25, -0.2) is 4.90 Å². The van der Waals surface area contributed by atoms with E-state index in [1.54, 1.807) is 18.2 Å². The van der Waals surface area contributed by atoms with Crippen LogP contribution in [0, 0.1) is 11.8 Å². The van der Waals surface area contributed by atoms with Gasteiger partial charge >= 0.3 is 0 Å². The molecule has 136 valence electrons. The monoisotopic (exact) mass is 421 g/mol. The Bertz CT molecular complexity index is 835. The molecule has 4 atom stereocenters. The second kappa shape index (κ2) is 5.63. The molecule has 4 aliphatic heterocycles. The molecule has 0 aliphatic carbocycles. The third-order valence-electron chi connectivity index (χ3n) is 5.45. The molecule has 0 saturated carbocycles. The van der Waals surface area contributed by atoms with E-state index in [1.165, 1.54) is 12.0 Å². The number of ether oxygens (including phenoxy) is 4. The van der Waals surface area contributed by atoms with Crippen molar-refractivity contribution in [3.63, 3.8) is 0 Å². The number of hydrogen-bond donors (Lipinski definition) is 0. The van der Waals surface area contributed by atoms with Crippen molar-refractivity contribution < 1.29 is 28.5 Å². The molecule has 7 nitrogen and oxygen atoms in total. The van der Waals surface area contributed by atoms with Crippen molar-refractivity contribution >= 4 is 33.4 Å². The Labute approximate surface area is 158 Å². The maximum Gasteiger partial charge on any atom is 0.241 e. The zero-order valence-corrected chi connectivity index (χ0v) is 15.5. The number of carbonyl (C=O) groups is 2. The van der Waals surface area contributed by atoms with E-state index in [9.17, 15) is 9.59 Å². The van der Waals surface area contributed by atoms with E-state index in [2.05, 4.69) is 15.9 Å². The highest BCUT2D eigenvalue weighted by molar-refractivity contribution is 9.10. The Hall–Kier alpha value is -1.74. The molecule has 4 heterocycles. The van der Waals surface area contributed by atoms with Gasteiger partial charge in [0.05, 0.1) is 44.0 Å². The summed E-state index contributed by atoms with van der Waals surface area (Å²) in [5.41, 5.74) is -0.624. The zero-order valence-electron chi connectivity index (χ0n) is 13.9. The van der Waals surface area contributed by atoms with Gasteiger partial charge in [0.25, 0.3) is 0 Å². The molecule has 0 spiro atoms. The number of halogens is 1. The van der Waals surface area contributed by atoms with Gasteiger partial charge in [-0.2, -0.15) is 0 Å². The van der Waals surface area contributed by atoms with Crippen LogP contribution >= 0.6 is 15.9 Å². The molecule has 2 amide bonds. The first kappa shape index (κ1) is 16.4. The van der Waals surface area contributed by atoms with Crippen LogP contribution in [-0.4, -0.2) is 50.1 Å². The SMILES string of the molecule is COc1ccc(Br)cc1N1C(=O)[C@@H]2[C@@H](C1=O)[C@@]1(C3OCCO3)C=C[C@H]2O1. The number of hydrogen-bond acceptors (Lipinski definition) is 6. The topological polar surface area (TPSA) is 74.3 Å². The summed E-state index contributed by atoms with van der Waals surface area (Å²) in [6.45, 7) is 0.883. The van der Waals surface area contributed by atoms with Crippen LogP contribution < -0.4 is 9.64 Å². The van der Waals surface area contributed by atoms with Crippen molar-refractivity contribution in [1.29, 1.82) is 0 Å². The van der Waals surface area contributed by atoms with Crippen molar-refractivity contribution in [3.8, 4) is 5.75 Å². The molecule has 0 unspecified atom stereocenters. The van der Waals surface area contributed by atoms with E-state index in [4.69, 9.17) is 18.9 Å². The van der Waals surface area contributed by atoms with Gasteiger partial charge in [-0.1, -0.05) is 22.0 Å². The molecular weight excluding hydrogens is 406 g/mol. The average molecular weight is 422 g/mol. The fraction of sp³-hybridized carbons (Fsp3) is 0.444. The van der Waals surface area contributed by atoms with Gasteiger partial charge in [-0.15, -0.1) is 0 Å². The third-order valence-corrected chi connectivity index (χ3v) is 5.94. The standard InChI is InChI=1S/C18H16BrNO6/c1-23-11-3-2-9(19)8-10(11)20-15(21)13-12-4-5-18(26-12,14(13)16(20)22)17-24-6-7-25-17/h2-5,8,12-14,17H,6-7H2,1H3/t12-,13+,14+,18-/m1/s1. The highest BCUT2D eigenvalue weighted by atomic mass is 79.9. The highest BCUT2D eigenvalue weighted by Gasteiger charge is 2.71. The second-order valence-corrected chi connectivity index (χ2v) is 7.62. The molecule has 26 heavy (non-hydrogen) atoms. The fourth-order valence-electron chi connectivity index (χ4n) is 4.40. The van der Waals surface area contributed by atoms with E-state index in [1.807, 2.05) is 12.2 Å². The van der Waals surface area contributed by atoms with Gasteiger partial charge in [0.2, 0.25) is 11.8 Å². The number of nitrogens with zero attached hydrogens (tertiary/aromatic N) is 1. The zero-order chi connectivity index (χ0) is 18.1. The molecule has 5 rings (SSSR count). The predicted molar refractivity (Wildman–Crippen MR) is 92.6 cm³/mol. The third kappa shape index (κ3) is 1.98. The lowest BCUT2D eigenvalue weighted by molar-refractivity contribution is -0.180. The number of carbonyl (C=O) groups excluding carboxylic acids is 2. The minimum atomic E-state index is -1.05. The minimum Gasteiger partial charge on any atom is -0.495 e. The van der Waals surface area contributed by atoms with E-state index >= 15 is 0 Å². The normalized spacial score (nSPS) is 35.6. The highest BCUT2D eigenvalue weighted by Crippen LogP contribution is 2.55. The van der Waals surface area contributed by atoms with Crippen molar-refractivity contribution in [1.82, 2.24) is 0 Å². The Balaban J connectivity index is 1.59. The Morgan fingerprint density at radius 2 is 2.00 bits per heavy atom. The minimum absolute atomic E-state index is 0.286. The van der Waals surface area contributed by atoms with Crippen LogP contribution in [0.15, 0.2) is 34.8 Å². The first-order chi connectivity index (χ1) is 12.6. The number of imide groups is 1. The molecular formula is C18H16BrNO6.